The molecule has 3 rings (SSSR count). The molecule has 1 aliphatic rings. The lowest BCUT2D eigenvalue weighted by atomic mass is 10.3. The van der Waals surface area contributed by atoms with Crippen molar-refractivity contribution in [1.29, 1.82) is 0 Å². The van der Waals surface area contributed by atoms with Gasteiger partial charge in [0.2, 0.25) is 5.82 Å². The van der Waals surface area contributed by atoms with Crippen LogP contribution in [0, 0.1) is 10.1 Å². The predicted molar refractivity (Wildman–Crippen MR) is 87.3 cm³/mol. The Hall–Kier alpha value is -2.81. The number of piperazine rings is 1. The highest BCUT2D eigenvalue weighted by Gasteiger charge is 2.30. The average Bonchev–Trinajstić information content (AvgIpc) is 2.62. The van der Waals surface area contributed by atoms with Gasteiger partial charge in [0.15, 0.2) is 0 Å². The number of ether oxygens (including phenoxy) is 1. The van der Waals surface area contributed by atoms with E-state index in [1.54, 1.807) is 18.3 Å². The number of nitrogens with zero attached hydrogens (tertiary/aromatic N) is 6. The van der Waals surface area contributed by atoms with Crippen LogP contribution in [0.15, 0.2) is 30.9 Å². The van der Waals surface area contributed by atoms with E-state index in [1.807, 2.05) is 4.90 Å². The fourth-order valence-corrected chi connectivity index (χ4v) is 2.61. The molecule has 0 bridgehead atoms. The third-order valence-electron chi connectivity index (χ3n) is 3.92. The second kappa shape index (κ2) is 7.18. The van der Waals surface area contributed by atoms with Gasteiger partial charge in [-0.3, -0.25) is 15.1 Å². The molecule has 0 amide bonds. The summed E-state index contributed by atoms with van der Waals surface area (Å²) in [4.78, 5) is 27.3. The molecule has 0 atom stereocenters. The van der Waals surface area contributed by atoms with Crippen LogP contribution in [-0.4, -0.2) is 57.5 Å². The zero-order valence-electron chi connectivity index (χ0n) is 13.3. The SMILES string of the molecule is CCN1CCN(c2ncnc(Oc3cccnc3)c2[N+](=O)[O-])CC1. The Bertz CT molecular complexity index is 704. The second-order valence-electron chi connectivity index (χ2n) is 5.32. The summed E-state index contributed by atoms with van der Waals surface area (Å²) in [5.41, 5.74) is -0.216. The highest BCUT2D eigenvalue weighted by atomic mass is 16.6. The number of nitro groups is 1. The van der Waals surface area contributed by atoms with E-state index >= 15 is 0 Å². The minimum Gasteiger partial charge on any atom is -0.432 e. The van der Waals surface area contributed by atoms with Crippen molar-refractivity contribution < 1.29 is 9.66 Å². The number of likely N-dealkylation sites (N-methyl/N-ethyl adjacent to an activating group) is 1. The van der Waals surface area contributed by atoms with Gasteiger partial charge in [-0.1, -0.05) is 6.92 Å². The molecule has 1 fully saturated rings. The molecule has 0 aromatic carbocycles. The Labute approximate surface area is 139 Å². The smallest absolute Gasteiger partial charge is 0.373 e. The van der Waals surface area contributed by atoms with Crippen LogP contribution in [0.3, 0.4) is 0 Å². The van der Waals surface area contributed by atoms with Gasteiger partial charge in [0.05, 0.1) is 11.1 Å². The van der Waals surface area contributed by atoms with Gasteiger partial charge in [0.1, 0.15) is 12.1 Å². The van der Waals surface area contributed by atoms with Crippen molar-refractivity contribution in [3.63, 3.8) is 0 Å². The van der Waals surface area contributed by atoms with Crippen molar-refractivity contribution in [2.24, 2.45) is 0 Å². The number of hydrogen-bond donors (Lipinski definition) is 0. The van der Waals surface area contributed by atoms with Gasteiger partial charge in [-0.2, -0.15) is 4.98 Å². The molecule has 0 N–H and O–H groups in total. The molecule has 0 radical (unpaired) electrons. The molecule has 0 unspecified atom stereocenters. The minimum absolute atomic E-state index is 0.0732. The number of pyridine rings is 1. The van der Waals surface area contributed by atoms with Gasteiger partial charge < -0.3 is 14.5 Å². The van der Waals surface area contributed by atoms with Crippen LogP contribution in [0.2, 0.25) is 0 Å². The van der Waals surface area contributed by atoms with E-state index in [1.165, 1.54) is 12.5 Å². The molecule has 3 heterocycles. The van der Waals surface area contributed by atoms with E-state index in [-0.39, 0.29) is 11.6 Å². The number of anilines is 1. The molecule has 1 aliphatic heterocycles. The monoisotopic (exact) mass is 330 g/mol. The summed E-state index contributed by atoms with van der Waals surface area (Å²) < 4.78 is 5.55. The van der Waals surface area contributed by atoms with Crippen LogP contribution in [0.25, 0.3) is 0 Å². The van der Waals surface area contributed by atoms with Crippen molar-refractivity contribution in [2.45, 2.75) is 6.92 Å². The summed E-state index contributed by atoms with van der Waals surface area (Å²) in [6.07, 6.45) is 4.37. The average molecular weight is 330 g/mol. The Morgan fingerprint density at radius 3 is 2.71 bits per heavy atom. The third kappa shape index (κ3) is 3.40. The van der Waals surface area contributed by atoms with E-state index in [2.05, 4.69) is 26.8 Å². The zero-order chi connectivity index (χ0) is 16.9. The first-order valence-corrected chi connectivity index (χ1v) is 7.73. The Morgan fingerprint density at radius 1 is 1.29 bits per heavy atom. The van der Waals surface area contributed by atoms with Crippen LogP contribution in [0.5, 0.6) is 11.6 Å². The van der Waals surface area contributed by atoms with E-state index in [0.717, 1.165) is 19.6 Å². The lowest BCUT2D eigenvalue weighted by Gasteiger charge is -2.34. The lowest BCUT2D eigenvalue weighted by Crippen LogP contribution is -2.46. The van der Waals surface area contributed by atoms with Crippen molar-refractivity contribution >= 4 is 11.5 Å². The molecule has 126 valence electrons. The van der Waals surface area contributed by atoms with Crippen molar-refractivity contribution in [3.8, 4) is 11.6 Å². The maximum Gasteiger partial charge on any atom is 0.373 e. The molecule has 2 aromatic rings. The molecule has 0 aliphatic carbocycles. The highest BCUT2D eigenvalue weighted by molar-refractivity contribution is 5.63. The molecule has 1 saturated heterocycles. The Morgan fingerprint density at radius 2 is 2.08 bits per heavy atom. The van der Waals surface area contributed by atoms with Crippen LogP contribution in [0.4, 0.5) is 11.5 Å². The first kappa shape index (κ1) is 16.1. The predicted octanol–water partition coefficient (Wildman–Crippen LogP) is 1.71. The van der Waals surface area contributed by atoms with Crippen molar-refractivity contribution in [3.05, 3.63) is 41.0 Å². The summed E-state index contributed by atoms with van der Waals surface area (Å²) in [6.45, 7) is 6.11. The molecule has 9 heteroatoms. The standard InChI is InChI=1S/C15H18N6O3/c1-2-19-6-8-20(9-7-19)14-13(21(22)23)15(18-11-17-14)24-12-4-3-5-16-10-12/h3-5,10-11H,2,6-9H2,1H3. The summed E-state index contributed by atoms with van der Waals surface area (Å²) in [5.74, 6) is 0.613. The van der Waals surface area contributed by atoms with Crippen LogP contribution < -0.4 is 9.64 Å². The summed E-state index contributed by atoms with van der Waals surface area (Å²) in [6, 6.07) is 3.35. The molecule has 0 saturated carbocycles. The Kier molecular flexibility index (Phi) is 4.80. The Balaban J connectivity index is 1.90. The summed E-state index contributed by atoms with van der Waals surface area (Å²) >= 11 is 0. The normalized spacial score (nSPS) is 15.3. The molecular weight excluding hydrogens is 312 g/mol. The van der Waals surface area contributed by atoms with Crippen molar-refractivity contribution in [2.75, 3.05) is 37.6 Å². The molecular formula is C15H18N6O3. The van der Waals surface area contributed by atoms with Gasteiger partial charge in [-0.15, -0.1) is 0 Å². The minimum atomic E-state index is -0.493. The van der Waals surface area contributed by atoms with Gasteiger partial charge in [0, 0.05) is 32.4 Å². The zero-order valence-corrected chi connectivity index (χ0v) is 13.3. The maximum absolute atomic E-state index is 11.6. The maximum atomic E-state index is 11.6. The summed E-state index contributed by atoms with van der Waals surface area (Å²) in [7, 11) is 0. The van der Waals surface area contributed by atoms with Gasteiger partial charge in [-0.05, 0) is 18.7 Å². The van der Waals surface area contributed by atoms with Gasteiger partial charge in [0.25, 0.3) is 0 Å². The fraction of sp³-hybridized carbons (Fsp3) is 0.400. The van der Waals surface area contributed by atoms with E-state index in [0.29, 0.717) is 24.7 Å². The van der Waals surface area contributed by atoms with Gasteiger partial charge >= 0.3 is 11.6 Å². The number of rotatable bonds is 5. The van der Waals surface area contributed by atoms with Crippen LogP contribution >= 0.6 is 0 Å². The molecule has 24 heavy (non-hydrogen) atoms. The van der Waals surface area contributed by atoms with Gasteiger partial charge in [-0.25, -0.2) is 4.98 Å². The van der Waals surface area contributed by atoms with E-state index < -0.39 is 4.92 Å². The first-order chi connectivity index (χ1) is 11.7. The molecule has 2 aromatic heterocycles. The highest BCUT2D eigenvalue weighted by Crippen LogP contribution is 2.36. The number of hydrogen-bond acceptors (Lipinski definition) is 8. The largest absolute Gasteiger partial charge is 0.432 e. The first-order valence-electron chi connectivity index (χ1n) is 7.73. The van der Waals surface area contributed by atoms with E-state index in [9.17, 15) is 10.1 Å². The van der Waals surface area contributed by atoms with E-state index in [4.69, 9.17) is 4.74 Å². The number of aromatic nitrogens is 3. The summed E-state index contributed by atoms with van der Waals surface area (Å²) in [5, 5.41) is 11.6. The quantitative estimate of drug-likeness (QED) is 0.604. The third-order valence-corrected chi connectivity index (χ3v) is 3.92. The fourth-order valence-electron chi connectivity index (χ4n) is 2.61. The topological polar surface area (TPSA) is 97.5 Å². The van der Waals surface area contributed by atoms with Crippen molar-refractivity contribution in [1.82, 2.24) is 19.9 Å². The second-order valence-corrected chi connectivity index (χ2v) is 5.32. The lowest BCUT2D eigenvalue weighted by molar-refractivity contribution is -0.385. The van der Waals surface area contributed by atoms with Crippen LogP contribution in [-0.2, 0) is 0 Å². The molecule has 0 spiro atoms. The molecule has 9 nitrogen and oxygen atoms in total. The van der Waals surface area contributed by atoms with Crippen LogP contribution in [0.1, 0.15) is 6.92 Å².